The zero-order valence-corrected chi connectivity index (χ0v) is 11.3. The quantitative estimate of drug-likeness (QED) is 0.807. The van der Waals surface area contributed by atoms with Crippen molar-refractivity contribution in [2.45, 2.75) is 0 Å². The summed E-state index contributed by atoms with van der Waals surface area (Å²) in [5.41, 5.74) is 0.908. The molecular weight excluding hydrogens is 273 g/mol. The van der Waals surface area contributed by atoms with Gasteiger partial charge in [-0.2, -0.15) is 0 Å². The van der Waals surface area contributed by atoms with E-state index in [1.807, 2.05) is 4.90 Å². The Morgan fingerprint density at radius 1 is 1.19 bits per heavy atom. The molecule has 1 saturated heterocycles. The minimum absolute atomic E-state index is 0.0322. The molecule has 0 bridgehead atoms. The largest absolute Gasteiger partial charge is 0.378 e. The van der Waals surface area contributed by atoms with Gasteiger partial charge in [0.25, 0.3) is 0 Å². The highest BCUT2D eigenvalue weighted by Crippen LogP contribution is 2.24. The summed E-state index contributed by atoms with van der Waals surface area (Å²) in [5, 5.41) is 0. The summed E-state index contributed by atoms with van der Waals surface area (Å²) >= 11 is 0. The van der Waals surface area contributed by atoms with Crippen LogP contribution in [0.5, 0.6) is 0 Å². The molecule has 0 aliphatic carbocycles. The first-order valence-corrected chi connectivity index (χ1v) is 6.68. The van der Waals surface area contributed by atoms with Crippen LogP contribution in [-0.2, 0) is 4.74 Å². The third kappa shape index (κ3) is 2.75. The molecule has 0 saturated carbocycles. The molecule has 2 heterocycles. The minimum atomic E-state index is -0.546. The van der Waals surface area contributed by atoms with Gasteiger partial charge in [-0.25, -0.2) is 14.4 Å². The Bertz CT molecular complexity index is 640. The summed E-state index contributed by atoms with van der Waals surface area (Å²) in [4.78, 5) is 21.4. The van der Waals surface area contributed by atoms with Crippen LogP contribution in [0.3, 0.4) is 0 Å². The molecule has 3 rings (SSSR count). The van der Waals surface area contributed by atoms with E-state index < -0.39 is 5.82 Å². The molecule has 0 amide bonds. The highest BCUT2D eigenvalue weighted by molar-refractivity contribution is 5.79. The van der Waals surface area contributed by atoms with Crippen molar-refractivity contribution in [3.05, 3.63) is 42.0 Å². The van der Waals surface area contributed by atoms with E-state index in [1.54, 1.807) is 24.5 Å². The van der Waals surface area contributed by atoms with Gasteiger partial charge in [-0.05, 0) is 6.07 Å². The summed E-state index contributed by atoms with van der Waals surface area (Å²) in [5.74, 6) is 0.0595. The molecule has 0 N–H and O–H groups in total. The zero-order chi connectivity index (χ0) is 14.7. The third-order valence-corrected chi connectivity index (χ3v) is 3.40. The van der Waals surface area contributed by atoms with Gasteiger partial charge in [0.15, 0.2) is 6.29 Å². The fraction of sp³-hybridized carbons (Fsp3) is 0.267. The molecule has 1 aliphatic rings. The average Bonchev–Trinajstić information content (AvgIpc) is 2.56. The Kier molecular flexibility index (Phi) is 3.87. The second kappa shape index (κ2) is 5.97. The van der Waals surface area contributed by atoms with Crippen molar-refractivity contribution in [3.63, 3.8) is 0 Å². The molecule has 1 aliphatic heterocycles. The minimum Gasteiger partial charge on any atom is -0.378 e. The molecular formula is C15H14FN3O2. The number of morpholine rings is 1. The molecule has 2 aromatic rings. The van der Waals surface area contributed by atoms with E-state index in [0.717, 1.165) is 13.1 Å². The summed E-state index contributed by atoms with van der Waals surface area (Å²) < 4.78 is 19.4. The van der Waals surface area contributed by atoms with Crippen LogP contribution in [0.1, 0.15) is 10.4 Å². The predicted octanol–water partition coefficient (Wildman–Crippen LogP) is 1.93. The lowest BCUT2D eigenvalue weighted by Gasteiger charge is -2.26. The smallest absolute Gasteiger partial charge is 0.225 e. The Balaban J connectivity index is 1.88. The SMILES string of the molecule is O=Cc1cccc(-c2cnc(N3CCOCC3)nc2)c1F. The predicted molar refractivity (Wildman–Crippen MR) is 75.8 cm³/mol. The van der Waals surface area contributed by atoms with Crippen molar-refractivity contribution in [3.8, 4) is 11.1 Å². The van der Waals surface area contributed by atoms with Crippen LogP contribution in [0.2, 0.25) is 0 Å². The first kappa shape index (κ1) is 13.6. The van der Waals surface area contributed by atoms with Gasteiger partial charge in [0.05, 0.1) is 18.8 Å². The van der Waals surface area contributed by atoms with Gasteiger partial charge in [0, 0.05) is 36.6 Å². The second-order valence-electron chi connectivity index (χ2n) is 4.70. The van der Waals surface area contributed by atoms with E-state index in [9.17, 15) is 9.18 Å². The van der Waals surface area contributed by atoms with E-state index in [-0.39, 0.29) is 5.56 Å². The van der Waals surface area contributed by atoms with Crippen molar-refractivity contribution in [1.29, 1.82) is 0 Å². The number of rotatable bonds is 3. The summed E-state index contributed by atoms with van der Waals surface area (Å²) in [6.45, 7) is 2.80. The lowest BCUT2D eigenvalue weighted by molar-refractivity contribution is 0.112. The summed E-state index contributed by atoms with van der Waals surface area (Å²) in [7, 11) is 0. The molecule has 1 aromatic carbocycles. The fourth-order valence-corrected chi connectivity index (χ4v) is 2.25. The van der Waals surface area contributed by atoms with Gasteiger partial charge < -0.3 is 9.64 Å². The van der Waals surface area contributed by atoms with Gasteiger partial charge in [0.1, 0.15) is 5.82 Å². The maximum Gasteiger partial charge on any atom is 0.225 e. The zero-order valence-electron chi connectivity index (χ0n) is 11.3. The molecule has 0 unspecified atom stereocenters. The van der Waals surface area contributed by atoms with Crippen molar-refractivity contribution in [1.82, 2.24) is 9.97 Å². The van der Waals surface area contributed by atoms with Crippen LogP contribution in [-0.4, -0.2) is 42.6 Å². The van der Waals surface area contributed by atoms with Crippen molar-refractivity contribution >= 4 is 12.2 Å². The molecule has 1 fully saturated rings. The van der Waals surface area contributed by atoms with E-state index in [4.69, 9.17) is 4.74 Å². The normalized spacial score (nSPS) is 15.0. The number of halogens is 1. The standard InChI is InChI=1S/C15H14FN3O2/c16-14-11(10-20)2-1-3-13(14)12-8-17-15(18-9-12)19-4-6-21-7-5-19/h1-3,8-10H,4-7H2. The number of anilines is 1. The Labute approximate surface area is 121 Å². The van der Waals surface area contributed by atoms with E-state index >= 15 is 0 Å². The molecule has 6 heteroatoms. The molecule has 0 atom stereocenters. The molecule has 0 radical (unpaired) electrons. The highest BCUT2D eigenvalue weighted by Gasteiger charge is 2.15. The number of aromatic nitrogens is 2. The monoisotopic (exact) mass is 287 g/mol. The highest BCUT2D eigenvalue weighted by atomic mass is 19.1. The van der Waals surface area contributed by atoms with Crippen LogP contribution in [0.15, 0.2) is 30.6 Å². The number of carbonyl (C=O) groups excluding carboxylic acids is 1. The molecule has 5 nitrogen and oxygen atoms in total. The van der Waals surface area contributed by atoms with Crippen molar-refractivity contribution < 1.29 is 13.9 Å². The first-order valence-electron chi connectivity index (χ1n) is 6.68. The van der Waals surface area contributed by atoms with E-state index in [1.165, 1.54) is 6.07 Å². The summed E-state index contributed by atoms with van der Waals surface area (Å²) in [6, 6.07) is 4.68. The van der Waals surface area contributed by atoms with Gasteiger partial charge in [-0.15, -0.1) is 0 Å². The first-order chi connectivity index (χ1) is 10.3. The van der Waals surface area contributed by atoms with Crippen LogP contribution >= 0.6 is 0 Å². The van der Waals surface area contributed by atoms with Crippen LogP contribution < -0.4 is 4.90 Å². The lowest BCUT2D eigenvalue weighted by atomic mass is 10.1. The molecule has 1 aromatic heterocycles. The fourth-order valence-electron chi connectivity index (χ4n) is 2.25. The number of aldehydes is 1. The van der Waals surface area contributed by atoms with Crippen molar-refractivity contribution in [2.24, 2.45) is 0 Å². The Morgan fingerprint density at radius 2 is 1.90 bits per heavy atom. The Morgan fingerprint density at radius 3 is 2.57 bits per heavy atom. The number of ether oxygens (including phenoxy) is 1. The maximum atomic E-state index is 14.1. The molecule has 0 spiro atoms. The van der Waals surface area contributed by atoms with E-state index in [2.05, 4.69) is 9.97 Å². The van der Waals surface area contributed by atoms with E-state index in [0.29, 0.717) is 36.6 Å². The topological polar surface area (TPSA) is 55.3 Å². The Hall–Kier alpha value is -2.34. The second-order valence-corrected chi connectivity index (χ2v) is 4.70. The van der Waals surface area contributed by atoms with Gasteiger partial charge in [0.2, 0.25) is 5.95 Å². The number of hydrogen-bond donors (Lipinski definition) is 0. The van der Waals surface area contributed by atoms with Crippen LogP contribution in [0.25, 0.3) is 11.1 Å². The maximum absolute atomic E-state index is 14.1. The van der Waals surface area contributed by atoms with Crippen LogP contribution in [0.4, 0.5) is 10.3 Å². The third-order valence-electron chi connectivity index (χ3n) is 3.40. The number of nitrogens with zero attached hydrogens (tertiary/aromatic N) is 3. The molecule has 108 valence electrons. The van der Waals surface area contributed by atoms with Gasteiger partial charge in [-0.1, -0.05) is 12.1 Å². The molecule has 21 heavy (non-hydrogen) atoms. The van der Waals surface area contributed by atoms with Gasteiger partial charge in [-0.3, -0.25) is 4.79 Å². The van der Waals surface area contributed by atoms with Crippen LogP contribution in [0, 0.1) is 5.82 Å². The van der Waals surface area contributed by atoms with Crippen molar-refractivity contribution in [2.75, 3.05) is 31.2 Å². The average molecular weight is 287 g/mol. The lowest BCUT2D eigenvalue weighted by Crippen LogP contribution is -2.37. The van der Waals surface area contributed by atoms with Gasteiger partial charge >= 0.3 is 0 Å². The number of benzene rings is 1. The summed E-state index contributed by atoms with van der Waals surface area (Å²) in [6.07, 6.45) is 3.65. The number of carbonyl (C=O) groups is 1. The number of hydrogen-bond acceptors (Lipinski definition) is 5.